The van der Waals surface area contributed by atoms with E-state index in [1.165, 1.54) is 4.90 Å². The Hall–Kier alpha value is -2.04. The first-order chi connectivity index (χ1) is 10.3. The fraction of sp³-hybridized carbons (Fsp3) is 0.529. The molecule has 1 aromatic carbocycles. The molecule has 0 aliphatic rings. The van der Waals surface area contributed by atoms with Gasteiger partial charge in [-0.25, -0.2) is 0 Å². The van der Waals surface area contributed by atoms with Crippen molar-refractivity contribution in [3.8, 4) is 5.75 Å². The van der Waals surface area contributed by atoms with Crippen LogP contribution in [0.5, 0.6) is 5.75 Å². The highest BCUT2D eigenvalue weighted by atomic mass is 16.5. The number of benzene rings is 1. The lowest BCUT2D eigenvalue weighted by Crippen LogP contribution is -2.36. The SMILES string of the molecule is CCC(=O)N(CC(C)C(=O)O)c1ccc(OCC(C)C)cc1. The maximum atomic E-state index is 12.1. The number of carboxylic acids is 1. The van der Waals surface area contributed by atoms with E-state index in [4.69, 9.17) is 9.84 Å². The third-order valence-corrected chi connectivity index (χ3v) is 3.21. The summed E-state index contributed by atoms with van der Waals surface area (Å²) in [5, 5.41) is 9.04. The number of hydrogen-bond acceptors (Lipinski definition) is 3. The molecule has 1 N–H and O–H groups in total. The number of carbonyl (C=O) groups is 2. The van der Waals surface area contributed by atoms with E-state index in [1.807, 2.05) is 0 Å². The summed E-state index contributed by atoms with van der Waals surface area (Å²) >= 11 is 0. The topological polar surface area (TPSA) is 66.8 Å². The number of nitrogens with zero attached hydrogens (tertiary/aromatic N) is 1. The van der Waals surface area contributed by atoms with Crippen LogP contribution in [0.1, 0.15) is 34.1 Å². The van der Waals surface area contributed by atoms with Crippen molar-refractivity contribution in [1.29, 1.82) is 0 Å². The van der Waals surface area contributed by atoms with Crippen LogP contribution in [0, 0.1) is 11.8 Å². The molecule has 0 aliphatic carbocycles. The first-order valence-electron chi connectivity index (χ1n) is 7.61. The van der Waals surface area contributed by atoms with Crippen molar-refractivity contribution < 1.29 is 19.4 Å². The molecule has 22 heavy (non-hydrogen) atoms. The van der Waals surface area contributed by atoms with Gasteiger partial charge in [0.1, 0.15) is 5.75 Å². The van der Waals surface area contributed by atoms with E-state index in [0.717, 1.165) is 5.75 Å². The number of ether oxygens (including phenoxy) is 1. The van der Waals surface area contributed by atoms with Gasteiger partial charge < -0.3 is 14.7 Å². The number of rotatable bonds is 8. The van der Waals surface area contributed by atoms with Crippen LogP contribution in [0.4, 0.5) is 5.69 Å². The quantitative estimate of drug-likeness (QED) is 0.801. The van der Waals surface area contributed by atoms with Gasteiger partial charge in [-0.1, -0.05) is 27.7 Å². The Kier molecular flexibility index (Phi) is 6.89. The fourth-order valence-electron chi connectivity index (χ4n) is 1.88. The lowest BCUT2D eigenvalue weighted by molar-refractivity contribution is -0.140. The van der Waals surface area contributed by atoms with Crippen LogP contribution in [0.2, 0.25) is 0 Å². The minimum absolute atomic E-state index is 0.0936. The van der Waals surface area contributed by atoms with Crippen molar-refractivity contribution in [2.75, 3.05) is 18.1 Å². The number of carbonyl (C=O) groups excluding carboxylic acids is 1. The minimum Gasteiger partial charge on any atom is -0.493 e. The number of aliphatic carboxylic acids is 1. The molecule has 1 unspecified atom stereocenters. The fourth-order valence-corrected chi connectivity index (χ4v) is 1.88. The van der Waals surface area contributed by atoms with Crippen molar-refractivity contribution in [2.45, 2.75) is 34.1 Å². The molecule has 0 radical (unpaired) electrons. The van der Waals surface area contributed by atoms with E-state index < -0.39 is 11.9 Å². The first kappa shape index (κ1) is 18.0. The molecule has 1 rings (SSSR count). The van der Waals surface area contributed by atoms with E-state index in [9.17, 15) is 9.59 Å². The Morgan fingerprint density at radius 1 is 1.18 bits per heavy atom. The summed E-state index contributed by atoms with van der Waals surface area (Å²) in [4.78, 5) is 24.6. The van der Waals surface area contributed by atoms with Crippen LogP contribution < -0.4 is 9.64 Å². The van der Waals surface area contributed by atoms with E-state index in [-0.39, 0.29) is 12.5 Å². The van der Waals surface area contributed by atoms with Gasteiger partial charge in [0.15, 0.2) is 0 Å². The van der Waals surface area contributed by atoms with Crippen molar-refractivity contribution >= 4 is 17.6 Å². The second-order valence-corrected chi connectivity index (χ2v) is 5.80. The van der Waals surface area contributed by atoms with E-state index in [0.29, 0.717) is 24.6 Å². The van der Waals surface area contributed by atoms with Crippen molar-refractivity contribution in [3.63, 3.8) is 0 Å². The van der Waals surface area contributed by atoms with E-state index in [2.05, 4.69) is 13.8 Å². The second-order valence-electron chi connectivity index (χ2n) is 5.80. The molecule has 0 spiro atoms. The van der Waals surface area contributed by atoms with Crippen LogP contribution in [0.25, 0.3) is 0 Å². The molecule has 0 saturated heterocycles. The summed E-state index contributed by atoms with van der Waals surface area (Å²) in [7, 11) is 0. The second kappa shape index (κ2) is 8.41. The molecule has 5 nitrogen and oxygen atoms in total. The third kappa shape index (κ3) is 5.39. The van der Waals surface area contributed by atoms with Gasteiger partial charge in [0, 0.05) is 18.7 Å². The van der Waals surface area contributed by atoms with Crippen molar-refractivity contribution in [1.82, 2.24) is 0 Å². The highest BCUT2D eigenvalue weighted by molar-refractivity contribution is 5.93. The van der Waals surface area contributed by atoms with E-state index in [1.54, 1.807) is 38.1 Å². The molecular weight excluding hydrogens is 282 g/mol. The highest BCUT2D eigenvalue weighted by Gasteiger charge is 2.21. The molecular formula is C17H25NO4. The Balaban J connectivity index is 2.86. The molecule has 0 aromatic heterocycles. The molecule has 1 amide bonds. The zero-order valence-electron chi connectivity index (χ0n) is 13.7. The van der Waals surface area contributed by atoms with E-state index >= 15 is 0 Å². The van der Waals surface area contributed by atoms with Crippen molar-refractivity contribution in [2.24, 2.45) is 11.8 Å². The Bertz CT molecular complexity index is 496. The maximum Gasteiger partial charge on any atom is 0.308 e. The Morgan fingerprint density at radius 3 is 2.23 bits per heavy atom. The summed E-state index contributed by atoms with van der Waals surface area (Å²) in [6.07, 6.45) is 0.331. The zero-order valence-corrected chi connectivity index (χ0v) is 13.7. The molecule has 0 bridgehead atoms. The lowest BCUT2D eigenvalue weighted by atomic mass is 10.1. The van der Waals surface area contributed by atoms with Crippen LogP contribution >= 0.6 is 0 Å². The van der Waals surface area contributed by atoms with Gasteiger partial charge >= 0.3 is 5.97 Å². The molecule has 122 valence electrons. The zero-order chi connectivity index (χ0) is 16.7. The maximum absolute atomic E-state index is 12.1. The average Bonchev–Trinajstić information content (AvgIpc) is 2.50. The first-order valence-corrected chi connectivity index (χ1v) is 7.61. The molecule has 0 heterocycles. The predicted octanol–water partition coefficient (Wildman–Crippen LogP) is 3.19. The molecule has 0 fully saturated rings. The molecule has 1 aromatic rings. The molecule has 5 heteroatoms. The summed E-state index contributed by atoms with van der Waals surface area (Å²) in [5.74, 6) is -0.441. The van der Waals surface area contributed by atoms with Crippen LogP contribution in [0.15, 0.2) is 24.3 Å². The molecule has 1 atom stereocenters. The number of anilines is 1. The van der Waals surface area contributed by atoms with Gasteiger partial charge in [0.05, 0.1) is 12.5 Å². The standard InChI is InChI=1S/C17H25NO4/c1-5-16(19)18(10-13(4)17(20)21)14-6-8-15(9-7-14)22-11-12(2)3/h6-9,12-13H,5,10-11H2,1-4H3,(H,20,21). The van der Waals surface area contributed by atoms with Gasteiger partial charge in [-0.3, -0.25) is 9.59 Å². The van der Waals surface area contributed by atoms with Crippen LogP contribution in [-0.4, -0.2) is 30.1 Å². The number of hydrogen-bond donors (Lipinski definition) is 1. The van der Waals surface area contributed by atoms with Gasteiger partial charge in [-0.15, -0.1) is 0 Å². The minimum atomic E-state index is -0.911. The van der Waals surface area contributed by atoms with Gasteiger partial charge in [0.25, 0.3) is 0 Å². The Morgan fingerprint density at radius 2 is 1.77 bits per heavy atom. The Labute approximate surface area is 131 Å². The smallest absolute Gasteiger partial charge is 0.308 e. The van der Waals surface area contributed by atoms with Crippen LogP contribution in [-0.2, 0) is 9.59 Å². The summed E-state index contributed by atoms with van der Waals surface area (Å²) in [6, 6.07) is 7.19. The summed E-state index contributed by atoms with van der Waals surface area (Å²) < 4.78 is 5.61. The van der Waals surface area contributed by atoms with Gasteiger partial charge in [0.2, 0.25) is 5.91 Å². The number of amides is 1. The molecule has 0 aliphatic heterocycles. The molecule has 0 saturated carbocycles. The lowest BCUT2D eigenvalue weighted by Gasteiger charge is -2.24. The monoisotopic (exact) mass is 307 g/mol. The highest BCUT2D eigenvalue weighted by Crippen LogP contribution is 2.22. The summed E-state index contributed by atoms with van der Waals surface area (Å²) in [5.41, 5.74) is 0.692. The van der Waals surface area contributed by atoms with Gasteiger partial charge in [-0.05, 0) is 30.2 Å². The normalized spacial score (nSPS) is 12.0. The van der Waals surface area contributed by atoms with Crippen molar-refractivity contribution in [3.05, 3.63) is 24.3 Å². The average molecular weight is 307 g/mol. The largest absolute Gasteiger partial charge is 0.493 e. The summed E-state index contributed by atoms with van der Waals surface area (Å²) in [6.45, 7) is 8.30. The predicted molar refractivity (Wildman–Crippen MR) is 86.2 cm³/mol. The van der Waals surface area contributed by atoms with Gasteiger partial charge in [-0.2, -0.15) is 0 Å². The van der Waals surface area contributed by atoms with Crippen LogP contribution in [0.3, 0.4) is 0 Å². The third-order valence-electron chi connectivity index (χ3n) is 3.21. The number of carboxylic acid groups (broad SMARTS) is 1.